The maximum absolute atomic E-state index is 12.2. The van der Waals surface area contributed by atoms with Crippen LogP contribution in [0, 0.1) is 13.8 Å². The first kappa shape index (κ1) is 22.6. The summed E-state index contributed by atoms with van der Waals surface area (Å²) in [5, 5.41) is 8.39. The molecule has 0 bridgehead atoms. The quantitative estimate of drug-likeness (QED) is 0.446. The normalized spacial score (nSPS) is 11.8. The first-order valence-electron chi connectivity index (χ1n) is 10.3. The maximum atomic E-state index is 12.2. The Balaban J connectivity index is 1.61. The van der Waals surface area contributed by atoms with E-state index in [4.69, 9.17) is 0 Å². The third-order valence-corrected chi connectivity index (χ3v) is 5.00. The molecule has 2 N–H and O–H groups in total. The number of benzene rings is 3. The summed E-state index contributed by atoms with van der Waals surface area (Å²) in [4.78, 5) is 24.4. The van der Waals surface area contributed by atoms with Crippen molar-refractivity contribution in [3.63, 3.8) is 0 Å². The topological polar surface area (TPSA) is 82.9 Å². The number of nitrogens with one attached hydrogen (secondary N) is 2. The molecule has 0 spiro atoms. The minimum absolute atomic E-state index is 0.256. The summed E-state index contributed by atoms with van der Waals surface area (Å²) in [6, 6.07) is 22.2. The Morgan fingerprint density at radius 3 is 1.12 bits per heavy atom. The Bertz CT molecular complexity index is 1070. The summed E-state index contributed by atoms with van der Waals surface area (Å²) >= 11 is 0. The van der Waals surface area contributed by atoms with Gasteiger partial charge in [0.2, 0.25) is 0 Å². The number of hydrogen-bond acceptors (Lipinski definition) is 4. The van der Waals surface area contributed by atoms with E-state index in [1.807, 2.05) is 76.2 Å². The Labute approximate surface area is 188 Å². The van der Waals surface area contributed by atoms with E-state index in [-0.39, 0.29) is 11.8 Å². The average Bonchev–Trinajstić information content (AvgIpc) is 2.81. The van der Waals surface area contributed by atoms with Crippen molar-refractivity contribution in [2.75, 3.05) is 0 Å². The number of nitrogens with zero attached hydrogens (tertiary/aromatic N) is 2. The molecule has 32 heavy (non-hydrogen) atoms. The fourth-order valence-corrected chi connectivity index (χ4v) is 2.89. The van der Waals surface area contributed by atoms with Gasteiger partial charge < -0.3 is 0 Å². The third-order valence-electron chi connectivity index (χ3n) is 5.00. The molecule has 0 saturated heterocycles. The fraction of sp³-hybridized carbons (Fsp3) is 0.154. The average molecular weight is 427 g/mol. The lowest BCUT2D eigenvalue weighted by molar-refractivity contribution is 0.0947. The maximum Gasteiger partial charge on any atom is 0.271 e. The van der Waals surface area contributed by atoms with Gasteiger partial charge in [-0.25, -0.2) is 10.9 Å². The first-order chi connectivity index (χ1) is 15.3. The van der Waals surface area contributed by atoms with Crippen molar-refractivity contribution in [3.8, 4) is 0 Å². The number of aryl methyl sites for hydroxylation is 2. The molecule has 0 aliphatic carbocycles. The fourth-order valence-electron chi connectivity index (χ4n) is 2.89. The molecule has 3 aromatic carbocycles. The molecule has 0 fully saturated rings. The number of carbonyl (C=O) groups is 2. The molecule has 6 heteroatoms. The minimum atomic E-state index is -0.256. The van der Waals surface area contributed by atoms with Gasteiger partial charge in [0.15, 0.2) is 0 Å². The van der Waals surface area contributed by atoms with Crippen molar-refractivity contribution < 1.29 is 9.59 Å². The number of hydrazone groups is 2. The molecule has 0 radical (unpaired) electrons. The zero-order chi connectivity index (χ0) is 23.1. The van der Waals surface area contributed by atoms with Crippen LogP contribution in [0.15, 0.2) is 83.0 Å². The smallest absolute Gasteiger partial charge is 0.267 e. The molecule has 162 valence electrons. The van der Waals surface area contributed by atoms with Gasteiger partial charge in [-0.3, -0.25) is 9.59 Å². The largest absolute Gasteiger partial charge is 0.271 e. The summed E-state index contributed by atoms with van der Waals surface area (Å²) in [5.41, 5.74) is 11.6. The van der Waals surface area contributed by atoms with Gasteiger partial charge in [-0.05, 0) is 63.1 Å². The van der Waals surface area contributed by atoms with E-state index in [1.54, 1.807) is 24.3 Å². The number of hydrogen-bond donors (Lipinski definition) is 2. The lowest BCUT2D eigenvalue weighted by Gasteiger charge is -2.06. The summed E-state index contributed by atoms with van der Waals surface area (Å²) in [5.74, 6) is -0.512. The molecule has 2 amide bonds. The van der Waals surface area contributed by atoms with Crippen molar-refractivity contribution in [3.05, 3.63) is 106 Å². The van der Waals surface area contributed by atoms with Gasteiger partial charge in [-0.2, -0.15) is 10.2 Å². The van der Waals surface area contributed by atoms with Crippen LogP contribution in [0.3, 0.4) is 0 Å². The van der Waals surface area contributed by atoms with Crippen molar-refractivity contribution in [1.29, 1.82) is 0 Å². The Hall–Kier alpha value is -4.06. The molecule has 0 unspecified atom stereocenters. The second-order valence-electron chi connectivity index (χ2n) is 7.59. The molecule has 0 saturated carbocycles. The number of amides is 2. The van der Waals surface area contributed by atoms with Crippen LogP contribution in [0.2, 0.25) is 0 Å². The van der Waals surface area contributed by atoms with E-state index in [0.717, 1.165) is 22.3 Å². The highest BCUT2D eigenvalue weighted by Gasteiger charge is 2.07. The van der Waals surface area contributed by atoms with Crippen LogP contribution in [-0.2, 0) is 0 Å². The molecular formula is C26H26N4O2. The molecule has 0 aliphatic rings. The zero-order valence-corrected chi connectivity index (χ0v) is 18.6. The van der Waals surface area contributed by atoms with Gasteiger partial charge >= 0.3 is 0 Å². The predicted molar refractivity (Wildman–Crippen MR) is 128 cm³/mol. The monoisotopic (exact) mass is 426 g/mol. The Kier molecular flexibility index (Phi) is 7.29. The molecule has 0 aliphatic heterocycles. The zero-order valence-electron chi connectivity index (χ0n) is 18.6. The van der Waals surface area contributed by atoms with Crippen molar-refractivity contribution >= 4 is 23.2 Å². The summed E-state index contributed by atoms with van der Waals surface area (Å²) in [6.07, 6.45) is 0. The highest BCUT2D eigenvalue weighted by Crippen LogP contribution is 2.08. The van der Waals surface area contributed by atoms with Gasteiger partial charge in [0, 0.05) is 11.1 Å². The summed E-state index contributed by atoms with van der Waals surface area (Å²) < 4.78 is 0. The Morgan fingerprint density at radius 2 is 0.812 bits per heavy atom. The minimum Gasteiger partial charge on any atom is -0.267 e. The molecular weight excluding hydrogens is 400 g/mol. The molecule has 0 aromatic heterocycles. The van der Waals surface area contributed by atoms with Gasteiger partial charge in [0.1, 0.15) is 0 Å². The molecule has 6 nitrogen and oxygen atoms in total. The number of rotatable bonds is 6. The lowest BCUT2D eigenvalue weighted by Crippen LogP contribution is -2.19. The SMILES string of the molecule is C/C(=N\NC(=O)c1ccc(C)cc1)c1ccc(/C(C)=N/NC(=O)c2ccc(C)cc2)cc1. The number of carbonyl (C=O) groups excluding carboxylic acids is 2. The van der Waals surface area contributed by atoms with E-state index in [2.05, 4.69) is 21.1 Å². The molecule has 0 heterocycles. The highest BCUT2D eigenvalue weighted by atomic mass is 16.2. The second kappa shape index (κ2) is 10.3. The lowest BCUT2D eigenvalue weighted by atomic mass is 10.1. The van der Waals surface area contributed by atoms with Crippen LogP contribution in [0.1, 0.15) is 56.8 Å². The summed E-state index contributed by atoms with van der Waals surface area (Å²) in [7, 11) is 0. The van der Waals surface area contributed by atoms with Crippen molar-refractivity contribution in [1.82, 2.24) is 10.9 Å². The van der Waals surface area contributed by atoms with Crippen LogP contribution >= 0.6 is 0 Å². The summed E-state index contributed by atoms with van der Waals surface area (Å²) in [6.45, 7) is 7.59. The van der Waals surface area contributed by atoms with Gasteiger partial charge in [0.25, 0.3) is 11.8 Å². The second-order valence-corrected chi connectivity index (χ2v) is 7.59. The van der Waals surface area contributed by atoms with Gasteiger partial charge in [-0.1, -0.05) is 59.7 Å². The van der Waals surface area contributed by atoms with E-state index in [9.17, 15) is 9.59 Å². The van der Waals surface area contributed by atoms with E-state index in [1.165, 1.54) is 0 Å². The standard InChI is InChI=1S/C26H26N4O2/c1-17-5-9-23(10-6-17)25(31)29-27-19(3)21-13-15-22(16-14-21)20(4)28-30-26(32)24-11-7-18(2)8-12-24/h5-16H,1-4H3,(H,29,31)(H,30,32)/b27-19+,28-20+. The predicted octanol–water partition coefficient (Wildman–Crippen LogP) is 4.61. The van der Waals surface area contributed by atoms with Gasteiger partial charge in [0.05, 0.1) is 11.4 Å². The first-order valence-corrected chi connectivity index (χ1v) is 10.3. The van der Waals surface area contributed by atoms with Crippen LogP contribution in [0.25, 0.3) is 0 Å². The van der Waals surface area contributed by atoms with Gasteiger partial charge in [-0.15, -0.1) is 0 Å². The molecule has 3 rings (SSSR count). The van der Waals surface area contributed by atoms with Crippen LogP contribution < -0.4 is 10.9 Å². The van der Waals surface area contributed by atoms with Crippen LogP contribution in [-0.4, -0.2) is 23.2 Å². The third kappa shape index (κ3) is 5.98. The van der Waals surface area contributed by atoms with Crippen molar-refractivity contribution in [2.45, 2.75) is 27.7 Å². The van der Waals surface area contributed by atoms with Crippen molar-refractivity contribution in [2.24, 2.45) is 10.2 Å². The molecule has 3 aromatic rings. The van der Waals surface area contributed by atoms with E-state index in [0.29, 0.717) is 22.6 Å². The van der Waals surface area contributed by atoms with Crippen LogP contribution in [0.5, 0.6) is 0 Å². The Morgan fingerprint density at radius 1 is 0.531 bits per heavy atom. The van der Waals surface area contributed by atoms with Crippen LogP contribution in [0.4, 0.5) is 0 Å². The van der Waals surface area contributed by atoms with E-state index < -0.39 is 0 Å². The highest BCUT2D eigenvalue weighted by molar-refractivity contribution is 6.03. The molecule has 0 atom stereocenters. The van der Waals surface area contributed by atoms with E-state index >= 15 is 0 Å².